The summed E-state index contributed by atoms with van der Waals surface area (Å²) in [6.07, 6.45) is 3.03. The van der Waals surface area contributed by atoms with Gasteiger partial charge >= 0.3 is 5.97 Å². The van der Waals surface area contributed by atoms with Crippen LogP contribution in [0.25, 0.3) is 0 Å². The van der Waals surface area contributed by atoms with E-state index in [0.29, 0.717) is 5.75 Å². The Morgan fingerprint density at radius 1 is 1.35 bits per heavy atom. The molecule has 0 atom stereocenters. The van der Waals surface area contributed by atoms with Crippen molar-refractivity contribution in [1.29, 1.82) is 0 Å². The van der Waals surface area contributed by atoms with Crippen molar-refractivity contribution in [1.82, 2.24) is 9.97 Å². The molecule has 0 saturated carbocycles. The first-order chi connectivity index (χ1) is 8.16. The summed E-state index contributed by atoms with van der Waals surface area (Å²) >= 11 is 5.69. The molecule has 6 heteroatoms. The normalized spacial score (nSPS) is 9.94. The molecule has 0 saturated heterocycles. The molecule has 0 bridgehead atoms. The molecule has 0 aliphatic carbocycles. The lowest BCUT2D eigenvalue weighted by Gasteiger charge is -2.06. The van der Waals surface area contributed by atoms with Crippen molar-refractivity contribution in [3.05, 3.63) is 47.4 Å². The van der Waals surface area contributed by atoms with E-state index >= 15 is 0 Å². The van der Waals surface area contributed by atoms with Gasteiger partial charge in [-0.25, -0.2) is 9.78 Å². The first-order valence-corrected chi connectivity index (χ1v) is 5.02. The topological polar surface area (TPSA) is 72.3 Å². The van der Waals surface area contributed by atoms with Crippen LogP contribution in [0.15, 0.2) is 36.7 Å². The van der Waals surface area contributed by atoms with Gasteiger partial charge in [0, 0.05) is 6.20 Å². The Bertz CT molecular complexity index is 546. The lowest BCUT2D eigenvalue weighted by atomic mass is 10.3. The Labute approximate surface area is 102 Å². The van der Waals surface area contributed by atoms with E-state index in [2.05, 4.69) is 9.97 Å². The van der Waals surface area contributed by atoms with E-state index < -0.39 is 5.97 Å². The van der Waals surface area contributed by atoms with E-state index in [1.165, 1.54) is 18.3 Å². The minimum Gasteiger partial charge on any atom is -0.477 e. The van der Waals surface area contributed by atoms with Crippen LogP contribution in [0.2, 0.25) is 5.15 Å². The van der Waals surface area contributed by atoms with Crippen molar-refractivity contribution >= 4 is 17.6 Å². The highest BCUT2D eigenvalue weighted by Gasteiger charge is 2.14. The maximum absolute atomic E-state index is 10.9. The van der Waals surface area contributed by atoms with Gasteiger partial charge in [-0.05, 0) is 24.3 Å². The Hall–Kier alpha value is -2.14. The summed E-state index contributed by atoms with van der Waals surface area (Å²) in [4.78, 5) is 18.6. The summed E-state index contributed by atoms with van der Waals surface area (Å²) in [5, 5.41) is 9.12. The number of nitrogens with zero attached hydrogens (tertiary/aromatic N) is 2. The molecule has 0 unspecified atom stereocenters. The summed E-state index contributed by atoms with van der Waals surface area (Å²) < 4.78 is 5.31. The first kappa shape index (κ1) is 11.3. The molecule has 0 aromatic carbocycles. The largest absolute Gasteiger partial charge is 0.477 e. The highest BCUT2D eigenvalue weighted by Crippen LogP contribution is 2.24. The van der Waals surface area contributed by atoms with Crippen molar-refractivity contribution in [2.24, 2.45) is 0 Å². The van der Waals surface area contributed by atoms with Gasteiger partial charge in [-0.15, -0.1) is 0 Å². The maximum Gasteiger partial charge on any atom is 0.341 e. The molecule has 17 heavy (non-hydrogen) atoms. The molecular weight excluding hydrogens is 244 g/mol. The average Bonchev–Trinajstić information content (AvgIpc) is 2.30. The number of carbonyl (C=O) groups is 1. The second kappa shape index (κ2) is 4.80. The number of carboxylic acids is 1. The van der Waals surface area contributed by atoms with Gasteiger partial charge in [-0.1, -0.05) is 11.6 Å². The summed E-state index contributed by atoms with van der Waals surface area (Å²) in [7, 11) is 0. The van der Waals surface area contributed by atoms with Gasteiger partial charge in [-0.2, -0.15) is 0 Å². The number of pyridine rings is 2. The molecule has 2 aromatic heterocycles. The van der Waals surface area contributed by atoms with Crippen LogP contribution in [-0.4, -0.2) is 21.0 Å². The van der Waals surface area contributed by atoms with Crippen LogP contribution in [0.4, 0.5) is 0 Å². The molecule has 0 radical (unpaired) electrons. The van der Waals surface area contributed by atoms with E-state index in [0.717, 1.165) is 0 Å². The zero-order valence-electron chi connectivity index (χ0n) is 8.50. The molecule has 2 heterocycles. The average molecular weight is 251 g/mol. The number of aromatic carboxylic acids is 1. The van der Waals surface area contributed by atoms with Crippen molar-refractivity contribution in [2.45, 2.75) is 0 Å². The van der Waals surface area contributed by atoms with Gasteiger partial charge < -0.3 is 9.84 Å². The van der Waals surface area contributed by atoms with Crippen molar-refractivity contribution < 1.29 is 14.6 Å². The molecule has 5 nitrogen and oxygen atoms in total. The third-order valence-electron chi connectivity index (χ3n) is 1.91. The molecule has 1 N–H and O–H groups in total. The van der Waals surface area contributed by atoms with Crippen LogP contribution >= 0.6 is 11.6 Å². The number of rotatable bonds is 3. The number of aromatic nitrogens is 2. The summed E-state index contributed by atoms with van der Waals surface area (Å²) in [6, 6.07) is 6.03. The molecule has 2 aromatic rings. The lowest BCUT2D eigenvalue weighted by Crippen LogP contribution is -2.02. The van der Waals surface area contributed by atoms with Gasteiger partial charge in [0.25, 0.3) is 0 Å². The van der Waals surface area contributed by atoms with E-state index in [1.54, 1.807) is 18.3 Å². The van der Waals surface area contributed by atoms with Crippen LogP contribution in [0.1, 0.15) is 10.4 Å². The fraction of sp³-hybridized carbons (Fsp3) is 0. The van der Waals surface area contributed by atoms with Gasteiger partial charge in [0.15, 0.2) is 0 Å². The maximum atomic E-state index is 10.9. The minimum absolute atomic E-state index is 0.0572. The number of hydrogen-bond acceptors (Lipinski definition) is 4. The Morgan fingerprint density at radius 3 is 2.82 bits per heavy atom. The number of halogens is 1. The third-order valence-corrected chi connectivity index (χ3v) is 2.12. The minimum atomic E-state index is -1.13. The van der Waals surface area contributed by atoms with Gasteiger partial charge in [0.05, 0.1) is 6.20 Å². The highest BCUT2D eigenvalue weighted by molar-refractivity contribution is 6.29. The van der Waals surface area contributed by atoms with Crippen LogP contribution < -0.4 is 4.74 Å². The fourth-order valence-corrected chi connectivity index (χ4v) is 1.32. The van der Waals surface area contributed by atoms with Crippen LogP contribution in [0.5, 0.6) is 11.6 Å². The van der Waals surface area contributed by atoms with E-state index in [1.807, 2.05) is 0 Å². The zero-order valence-corrected chi connectivity index (χ0v) is 9.26. The predicted molar refractivity (Wildman–Crippen MR) is 60.5 cm³/mol. The molecule has 0 aliphatic rings. The molecule has 0 aliphatic heterocycles. The van der Waals surface area contributed by atoms with Crippen molar-refractivity contribution in [3.63, 3.8) is 0 Å². The van der Waals surface area contributed by atoms with Crippen molar-refractivity contribution in [3.8, 4) is 11.6 Å². The van der Waals surface area contributed by atoms with E-state index in [9.17, 15) is 4.79 Å². The smallest absolute Gasteiger partial charge is 0.341 e. The lowest BCUT2D eigenvalue weighted by molar-refractivity contribution is 0.0693. The molecule has 0 amide bonds. The third kappa shape index (κ3) is 2.70. The molecule has 0 fully saturated rings. The SMILES string of the molecule is O=C(O)c1ccc(Cl)nc1Oc1cccnc1. The summed E-state index contributed by atoms with van der Waals surface area (Å²) in [5.41, 5.74) is -0.0572. The molecular formula is C11H7ClN2O3. The zero-order chi connectivity index (χ0) is 12.3. The fourth-order valence-electron chi connectivity index (χ4n) is 1.18. The van der Waals surface area contributed by atoms with E-state index in [4.69, 9.17) is 21.4 Å². The first-order valence-electron chi connectivity index (χ1n) is 4.64. The number of hydrogen-bond donors (Lipinski definition) is 1. The van der Waals surface area contributed by atoms with Crippen LogP contribution in [-0.2, 0) is 0 Å². The monoisotopic (exact) mass is 250 g/mol. The predicted octanol–water partition coefficient (Wildman–Crippen LogP) is 2.62. The number of ether oxygens (including phenoxy) is 1. The molecule has 0 spiro atoms. The quantitative estimate of drug-likeness (QED) is 0.848. The van der Waals surface area contributed by atoms with Crippen LogP contribution in [0.3, 0.4) is 0 Å². The van der Waals surface area contributed by atoms with Crippen molar-refractivity contribution in [2.75, 3.05) is 0 Å². The summed E-state index contributed by atoms with van der Waals surface area (Å²) in [6.45, 7) is 0. The highest BCUT2D eigenvalue weighted by atomic mass is 35.5. The Balaban J connectivity index is 2.37. The molecule has 86 valence electrons. The standard InChI is InChI=1S/C11H7ClN2O3/c12-9-4-3-8(11(15)16)10(14-9)17-7-2-1-5-13-6-7/h1-6H,(H,15,16). The summed E-state index contributed by atoms with van der Waals surface area (Å²) in [5.74, 6) is -0.796. The Morgan fingerprint density at radius 2 is 2.18 bits per heavy atom. The second-order valence-corrected chi connectivity index (χ2v) is 3.47. The van der Waals surface area contributed by atoms with Gasteiger partial charge in [0.1, 0.15) is 16.5 Å². The van der Waals surface area contributed by atoms with Crippen LogP contribution in [0, 0.1) is 0 Å². The Kier molecular flexibility index (Phi) is 3.20. The van der Waals surface area contributed by atoms with Gasteiger partial charge in [-0.3, -0.25) is 4.98 Å². The number of carboxylic acid groups (broad SMARTS) is 1. The van der Waals surface area contributed by atoms with Gasteiger partial charge in [0.2, 0.25) is 5.88 Å². The van der Waals surface area contributed by atoms with E-state index in [-0.39, 0.29) is 16.6 Å². The molecule has 2 rings (SSSR count). The second-order valence-electron chi connectivity index (χ2n) is 3.08.